The number of nitrogens with zero attached hydrogens (tertiary/aromatic N) is 3. The number of quaternary nitrogens is 1. The van der Waals surface area contributed by atoms with E-state index in [-0.39, 0.29) is 23.9 Å². The fraction of sp³-hybridized carbons (Fsp3) is 0.409. The molecule has 1 saturated heterocycles. The molecule has 8 heteroatoms. The lowest BCUT2D eigenvalue weighted by Gasteiger charge is -2.26. The summed E-state index contributed by atoms with van der Waals surface area (Å²) in [6, 6.07) is 9.72. The Hall–Kier alpha value is -3.00. The van der Waals surface area contributed by atoms with E-state index in [0.29, 0.717) is 18.5 Å². The predicted octanol–water partition coefficient (Wildman–Crippen LogP) is 0.405. The van der Waals surface area contributed by atoms with Crippen LogP contribution in [0.25, 0.3) is 11.1 Å². The fourth-order valence-electron chi connectivity index (χ4n) is 3.77. The molecule has 1 aromatic carbocycles. The molecule has 0 aliphatic carbocycles. The number of alkyl halides is 1. The van der Waals surface area contributed by atoms with Crippen molar-refractivity contribution in [3.05, 3.63) is 58.5 Å². The molecule has 30 heavy (non-hydrogen) atoms. The molecule has 160 valence electrons. The number of rotatable bonds is 5. The zero-order valence-corrected chi connectivity index (χ0v) is 17.5. The second-order valence-corrected chi connectivity index (χ2v) is 7.98. The molecule has 0 radical (unpaired) electrons. The predicted molar refractivity (Wildman–Crippen MR) is 111 cm³/mol. The van der Waals surface area contributed by atoms with Crippen molar-refractivity contribution in [1.82, 2.24) is 14.4 Å². The van der Waals surface area contributed by atoms with Crippen LogP contribution in [0, 0.1) is 0 Å². The number of benzene rings is 1. The molecule has 0 bridgehead atoms. The van der Waals surface area contributed by atoms with Crippen molar-refractivity contribution in [3.63, 3.8) is 0 Å². The molecule has 0 spiro atoms. The minimum Gasteiger partial charge on any atom is -0.348 e. The number of aryl methyl sites for hydroxylation is 1. The Kier molecular flexibility index (Phi) is 6.36. The maximum absolute atomic E-state index is 13.6. The van der Waals surface area contributed by atoms with Crippen LogP contribution in [0.2, 0.25) is 0 Å². The van der Waals surface area contributed by atoms with Crippen molar-refractivity contribution in [2.75, 3.05) is 27.2 Å². The summed E-state index contributed by atoms with van der Waals surface area (Å²) in [5.74, 6) is -1.30. The number of likely N-dealkylation sites (tertiary alicyclic amines) is 1. The van der Waals surface area contributed by atoms with Crippen molar-refractivity contribution in [3.8, 4) is 11.1 Å². The quantitative estimate of drug-likeness (QED) is 0.767. The molecule has 0 saturated carbocycles. The van der Waals surface area contributed by atoms with Gasteiger partial charge in [-0.3, -0.25) is 14.4 Å². The largest absolute Gasteiger partial charge is 0.348 e. The Labute approximate surface area is 174 Å². The zero-order chi connectivity index (χ0) is 22.0. The van der Waals surface area contributed by atoms with E-state index < -0.39 is 18.1 Å². The summed E-state index contributed by atoms with van der Waals surface area (Å²) < 4.78 is 15.1. The van der Waals surface area contributed by atoms with Crippen LogP contribution >= 0.6 is 0 Å². The normalized spacial score (nSPS) is 18.2. The Bertz CT molecular complexity index is 987. The second kappa shape index (κ2) is 8.79. The third-order valence-corrected chi connectivity index (χ3v) is 5.56. The highest BCUT2D eigenvalue weighted by atomic mass is 19.1. The van der Waals surface area contributed by atoms with Gasteiger partial charge in [-0.15, -0.1) is 0 Å². The van der Waals surface area contributed by atoms with E-state index in [0.717, 1.165) is 11.1 Å². The minimum absolute atomic E-state index is 0.0550. The van der Waals surface area contributed by atoms with Crippen molar-refractivity contribution >= 4 is 11.8 Å². The maximum atomic E-state index is 13.6. The summed E-state index contributed by atoms with van der Waals surface area (Å²) in [4.78, 5) is 40.3. The van der Waals surface area contributed by atoms with Crippen molar-refractivity contribution in [1.29, 1.82) is 0 Å². The number of likely N-dealkylation sites (N-methyl/N-ethyl adjacent to an activating group) is 1. The highest BCUT2D eigenvalue weighted by Gasteiger charge is 2.40. The third-order valence-electron chi connectivity index (χ3n) is 5.56. The van der Waals surface area contributed by atoms with E-state index in [2.05, 4.69) is 5.73 Å². The van der Waals surface area contributed by atoms with Gasteiger partial charge < -0.3 is 20.1 Å². The van der Waals surface area contributed by atoms with E-state index in [4.69, 9.17) is 0 Å². The van der Waals surface area contributed by atoms with Crippen LogP contribution in [0.1, 0.15) is 17.9 Å². The molecule has 1 aromatic heterocycles. The summed E-state index contributed by atoms with van der Waals surface area (Å²) in [5.41, 5.74) is 6.32. The van der Waals surface area contributed by atoms with Gasteiger partial charge in [0.05, 0.1) is 6.54 Å². The van der Waals surface area contributed by atoms with Crippen LogP contribution < -0.4 is 11.3 Å². The Morgan fingerprint density at radius 2 is 1.77 bits per heavy atom. The minimum atomic E-state index is -1.02. The molecular formula is C22H28FN4O3+. The van der Waals surface area contributed by atoms with E-state index in [9.17, 15) is 18.8 Å². The van der Waals surface area contributed by atoms with Gasteiger partial charge in [0.25, 0.3) is 5.91 Å². The third kappa shape index (κ3) is 4.43. The topological polar surface area (TPSA) is 90.3 Å². The fourth-order valence-corrected chi connectivity index (χ4v) is 3.77. The van der Waals surface area contributed by atoms with Crippen LogP contribution in [-0.2, 0) is 16.6 Å². The van der Waals surface area contributed by atoms with E-state index in [1.54, 1.807) is 45.5 Å². The van der Waals surface area contributed by atoms with Crippen LogP contribution in [0.15, 0.2) is 47.4 Å². The number of aromatic nitrogens is 1. The summed E-state index contributed by atoms with van der Waals surface area (Å²) in [7, 11) is 4.96. The first-order valence-corrected chi connectivity index (χ1v) is 9.93. The van der Waals surface area contributed by atoms with Gasteiger partial charge in [-0.1, -0.05) is 24.3 Å². The molecule has 1 fully saturated rings. The van der Waals surface area contributed by atoms with Crippen molar-refractivity contribution < 1.29 is 19.7 Å². The van der Waals surface area contributed by atoms with Crippen LogP contribution in [-0.4, -0.2) is 65.6 Å². The summed E-state index contributed by atoms with van der Waals surface area (Å²) in [6.45, 7) is 0.403. The Balaban J connectivity index is 1.90. The van der Waals surface area contributed by atoms with Gasteiger partial charge in [0.15, 0.2) is 6.04 Å². The maximum Gasteiger partial charge on any atom is 0.282 e. The number of pyridine rings is 1. The first-order valence-electron chi connectivity index (χ1n) is 9.93. The van der Waals surface area contributed by atoms with Crippen LogP contribution in [0.3, 0.4) is 0 Å². The monoisotopic (exact) mass is 415 g/mol. The molecule has 2 heterocycles. The second-order valence-electron chi connectivity index (χ2n) is 7.98. The highest BCUT2D eigenvalue weighted by molar-refractivity contribution is 5.92. The molecule has 3 atom stereocenters. The van der Waals surface area contributed by atoms with Gasteiger partial charge in [-0.2, -0.15) is 0 Å². The first kappa shape index (κ1) is 21.7. The van der Waals surface area contributed by atoms with E-state index >= 15 is 0 Å². The molecule has 2 amide bonds. The smallest absolute Gasteiger partial charge is 0.282 e. The first-order chi connectivity index (χ1) is 14.2. The molecule has 7 nitrogen and oxygen atoms in total. The van der Waals surface area contributed by atoms with E-state index in [1.165, 1.54) is 20.4 Å². The lowest BCUT2D eigenvalue weighted by Crippen LogP contribution is -2.71. The molecular weight excluding hydrogens is 387 g/mol. The lowest BCUT2D eigenvalue weighted by atomic mass is 9.88. The summed E-state index contributed by atoms with van der Waals surface area (Å²) in [5, 5.41) is 0. The zero-order valence-electron chi connectivity index (χ0n) is 17.5. The van der Waals surface area contributed by atoms with Gasteiger partial charge in [-0.05, 0) is 29.2 Å². The summed E-state index contributed by atoms with van der Waals surface area (Å²) >= 11 is 0. The Morgan fingerprint density at radius 1 is 1.13 bits per heavy atom. The average molecular weight is 415 g/mol. The van der Waals surface area contributed by atoms with Gasteiger partial charge >= 0.3 is 0 Å². The SMILES string of the molecule is CN(C)C(=O)[C@@H](c1ccc(-c2ccc(=O)n(C)c2)cc1)[C@H]([NH3+])C(=O)N1CC[C@H](F)C1. The summed E-state index contributed by atoms with van der Waals surface area (Å²) in [6.07, 6.45) is 1.04. The molecule has 3 rings (SSSR count). The lowest BCUT2D eigenvalue weighted by molar-refractivity contribution is -0.409. The van der Waals surface area contributed by atoms with Crippen molar-refractivity contribution in [2.24, 2.45) is 7.05 Å². The average Bonchev–Trinajstić information content (AvgIpc) is 3.16. The van der Waals surface area contributed by atoms with E-state index in [1.807, 2.05) is 12.1 Å². The van der Waals surface area contributed by atoms with Gasteiger partial charge in [-0.25, -0.2) is 4.39 Å². The van der Waals surface area contributed by atoms with Gasteiger partial charge in [0.1, 0.15) is 12.1 Å². The van der Waals surface area contributed by atoms with Gasteiger partial charge in [0, 0.05) is 40.0 Å². The number of carbonyl (C=O) groups is 2. The number of amides is 2. The number of halogens is 1. The Morgan fingerprint density at radius 3 is 2.30 bits per heavy atom. The molecule has 1 aliphatic heterocycles. The van der Waals surface area contributed by atoms with Crippen LogP contribution in [0.4, 0.5) is 4.39 Å². The number of carbonyl (C=O) groups excluding carboxylic acids is 2. The number of hydrogen-bond donors (Lipinski definition) is 1. The van der Waals surface area contributed by atoms with Crippen molar-refractivity contribution in [2.45, 2.75) is 24.6 Å². The van der Waals surface area contributed by atoms with Crippen LogP contribution in [0.5, 0.6) is 0 Å². The number of hydrogen-bond acceptors (Lipinski definition) is 3. The van der Waals surface area contributed by atoms with Gasteiger partial charge in [0.2, 0.25) is 11.5 Å². The molecule has 2 aromatic rings. The highest BCUT2D eigenvalue weighted by Crippen LogP contribution is 2.26. The molecule has 1 aliphatic rings. The molecule has 0 unspecified atom stereocenters. The molecule has 3 N–H and O–H groups in total. The standard InChI is InChI=1S/C22H27FN4O3/c1-25(2)21(29)19(20(24)22(30)27-11-10-17(23)13-27)15-6-4-14(5-7-15)16-8-9-18(28)26(3)12-16/h4-9,12,17,19-20H,10-11,13,24H2,1-3H3/p+1/t17-,19-,20-/m0/s1.